The summed E-state index contributed by atoms with van der Waals surface area (Å²) < 4.78 is 0. The Bertz CT molecular complexity index is 308. The lowest BCUT2D eigenvalue weighted by molar-refractivity contribution is -0.136. The fourth-order valence-corrected chi connectivity index (χ4v) is 1.89. The zero-order chi connectivity index (χ0) is 10.6. The third-order valence-corrected chi connectivity index (χ3v) is 3.13. The number of carboxylic acid groups (broad SMARTS) is 1. The van der Waals surface area contributed by atoms with Crippen LogP contribution in [0.2, 0.25) is 0 Å². The predicted molar refractivity (Wildman–Crippen MR) is 55.7 cm³/mol. The van der Waals surface area contributed by atoms with Gasteiger partial charge in [0.2, 0.25) is 0 Å². The van der Waals surface area contributed by atoms with Gasteiger partial charge in [-0.15, -0.1) is 11.8 Å². The lowest BCUT2D eigenvalue weighted by Gasteiger charge is -2.08. The Labute approximate surface area is 86.8 Å². The molecule has 0 aromatic heterocycles. The van der Waals surface area contributed by atoms with E-state index in [-0.39, 0.29) is 5.75 Å². The van der Waals surface area contributed by atoms with Crippen LogP contribution in [0.5, 0.6) is 5.75 Å². The minimum atomic E-state index is -0.800. The number of phenols is 1. The summed E-state index contributed by atoms with van der Waals surface area (Å²) in [5.41, 5.74) is 0. The van der Waals surface area contributed by atoms with Gasteiger partial charge in [-0.05, 0) is 30.7 Å². The quantitative estimate of drug-likeness (QED) is 0.752. The molecule has 14 heavy (non-hydrogen) atoms. The molecule has 1 aromatic carbocycles. The molecular weight excluding hydrogens is 200 g/mol. The van der Waals surface area contributed by atoms with Gasteiger partial charge in [-0.1, -0.05) is 6.92 Å². The smallest absolute Gasteiger partial charge is 0.316 e. The molecule has 0 saturated heterocycles. The summed E-state index contributed by atoms with van der Waals surface area (Å²) in [4.78, 5) is 11.6. The number of thioether (sulfide) groups is 1. The van der Waals surface area contributed by atoms with Gasteiger partial charge in [0, 0.05) is 4.90 Å². The third kappa shape index (κ3) is 2.96. The summed E-state index contributed by atoms with van der Waals surface area (Å²) in [6.07, 6.45) is 0.584. The van der Waals surface area contributed by atoms with Crippen LogP contribution >= 0.6 is 11.8 Å². The molecule has 0 spiro atoms. The number of hydrogen-bond donors (Lipinski definition) is 2. The van der Waals surface area contributed by atoms with Crippen LogP contribution in [0.25, 0.3) is 0 Å². The van der Waals surface area contributed by atoms with Crippen LogP contribution in [-0.2, 0) is 4.79 Å². The van der Waals surface area contributed by atoms with E-state index in [9.17, 15) is 4.79 Å². The second kappa shape index (κ2) is 4.91. The van der Waals surface area contributed by atoms with Crippen molar-refractivity contribution in [3.63, 3.8) is 0 Å². The van der Waals surface area contributed by atoms with Crippen molar-refractivity contribution in [3.05, 3.63) is 24.3 Å². The summed E-state index contributed by atoms with van der Waals surface area (Å²) >= 11 is 1.29. The number of hydrogen-bond acceptors (Lipinski definition) is 3. The van der Waals surface area contributed by atoms with Gasteiger partial charge in [0.15, 0.2) is 0 Å². The van der Waals surface area contributed by atoms with Crippen molar-refractivity contribution < 1.29 is 15.0 Å². The van der Waals surface area contributed by atoms with Gasteiger partial charge in [0.1, 0.15) is 11.0 Å². The number of carboxylic acids is 1. The topological polar surface area (TPSA) is 57.5 Å². The SMILES string of the molecule is CCC(Sc1ccc(O)cc1)C(=O)O. The highest BCUT2D eigenvalue weighted by atomic mass is 32.2. The number of benzene rings is 1. The second-order valence-corrected chi connectivity index (χ2v) is 4.12. The standard InChI is InChI=1S/C10H12O3S/c1-2-9(10(12)13)14-8-5-3-7(11)4-6-8/h3-6,9,11H,2H2,1H3,(H,12,13). The normalized spacial score (nSPS) is 12.4. The van der Waals surface area contributed by atoms with E-state index in [0.29, 0.717) is 6.42 Å². The first-order valence-corrected chi connectivity index (χ1v) is 5.20. The van der Waals surface area contributed by atoms with Crippen LogP contribution in [0.1, 0.15) is 13.3 Å². The molecule has 0 radical (unpaired) electrons. The summed E-state index contributed by atoms with van der Waals surface area (Å²) in [6, 6.07) is 6.53. The van der Waals surface area contributed by atoms with E-state index in [1.165, 1.54) is 11.8 Å². The maximum Gasteiger partial charge on any atom is 0.316 e. The molecule has 0 heterocycles. The minimum Gasteiger partial charge on any atom is -0.508 e. The summed E-state index contributed by atoms with van der Waals surface area (Å²) in [5.74, 6) is -0.608. The van der Waals surface area contributed by atoms with E-state index in [0.717, 1.165) is 4.90 Å². The summed E-state index contributed by atoms with van der Waals surface area (Å²) in [5, 5.41) is 17.4. The zero-order valence-corrected chi connectivity index (χ0v) is 8.62. The fourth-order valence-electron chi connectivity index (χ4n) is 0.997. The van der Waals surface area contributed by atoms with E-state index in [1.54, 1.807) is 24.3 Å². The molecule has 2 N–H and O–H groups in total. The van der Waals surface area contributed by atoms with Gasteiger partial charge in [0.25, 0.3) is 0 Å². The first-order chi connectivity index (χ1) is 6.63. The van der Waals surface area contributed by atoms with E-state index in [1.807, 2.05) is 6.92 Å². The minimum absolute atomic E-state index is 0.192. The van der Waals surface area contributed by atoms with Crippen LogP contribution in [0.15, 0.2) is 29.2 Å². The Balaban J connectivity index is 2.67. The van der Waals surface area contributed by atoms with Crippen molar-refractivity contribution >= 4 is 17.7 Å². The molecule has 4 heteroatoms. The number of aromatic hydroxyl groups is 1. The van der Waals surface area contributed by atoms with Crippen molar-refractivity contribution in [1.29, 1.82) is 0 Å². The highest BCUT2D eigenvalue weighted by molar-refractivity contribution is 8.00. The van der Waals surface area contributed by atoms with Crippen molar-refractivity contribution in [2.24, 2.45) is 0 Å². The number of phenolic OH excluding ortho intramolecular Hbond substituents is 1. The van der Waals surface area contributed by atoms with E-state index < -0.39 is 11.2 Å². The highest BCUT2D eigenvalue weighted by Gasteiger charge is 2.15. The predicted octanol–water partition coefficient (Wildman–Crippen LogP) is 2.35. The number of rotatable bonds is 4. The van der Waals surface area contributed by atoms with Gasteiger partial charge in [-0.3, -0.25) is 4.79 Å². The molecule has 1 atom stereocenters. The average Bonchev–Trinajstić information content (AvgIpc) is 2.16. The van der Waals surface area contributed by atoms with Crippen LogP contribution < -0.4 is 0 Å². The van der Waals surface area contributed by atoms with Crippen molar-refractivity contribution in [2.45, 2.75) is 23.5 Å². The Hall–Kier alpha value is -1.16. The van der Waals surface area contributed by atoms with Gasteiger partial charge in [0.05, 0.1) is 0 Å². The Morgan fingerprint density at radius 2 is 2.00 bits per heavy atom. The first kappa shape index (κ1) is 10.9. The Morgan fingerprint density at radius 1 is 1.43 bits per heavy atom. The average molecular weight is 212 g/mol. The summed E-state index contributed by atoms with van der Waals surface area (Å²) in [7, 11) is 0. The van der Waals surface area contributed by atoms with Crippen LogP contribution in [-0.4, -0.2) is 21.4 Å². The monoisotopic (exact) mass is 212 g/mol. The molecule has 0 fully saturated rings. The molecule has 0 bridgehead atoms. The molecule has 1 unspecified atom stereocenters. The molecule has 0 aliphatic heterocycles. The molecule has 0 saturated carbocycles. The van der Waals surface area contributed by atoms with E-state index in [2.05, 4.69) is 0 Å². The molecular formula is C10H12O3S. The van der Waals surface area contributed by atoms with Crippen molar-refractivity contribution in [3.8, 4) is 5.75 Å². The number of aliphatic carboxylic acids is 1. The largest absolute Gasteiger partial charge is 0.508 e. The molecule has 1 rings (SSSR count). The highest BCUT2D eigenvalue weighted by Crippen LogP contribution is 2.26. The lowest BCUT2D eigenvalue weighted by atomic mass is 10.3. The van der Waals surface area contributed by atoms with E-state index >= 15 is 0 Å². The second-order valence-electron chi connectivity index (χ2n) is 2.85. The van der Waals surface area contributed by atoms with Crippen molar-refractivity contribution in [2.75, 3.05) is 0 Å². The first-order valence-electron chi connectivity index (χ1n) is 4.32. The summed E-state index contributed by atoms with van der Waals surface area (Å²) in [6.45, 7) is 1.84. The Kier molecular flexibility index (Phi) is 3.83. The van der Waals surface area contributed by atoms with Gasteiger partial charge in [-0.25, -0.2) is 0 Å². The molecule has 76 valence electrons. The fraction of sp³-hybridized carbons (Fsp3) is 0.300. The molecule has 0 amide bonds. The van der Waals surface area contributed by atoms with Crippen LogP contribution in [0, 0.1) is 0 Å². The maximum atomic E-state index is 10.7. The molecule has 1 aromatic rings. The maximum absolute atomic E-state index is 10.7. The molecule has 0 aliphatic carbocycles. The lowest BCUT2D eigenvalue weighted by Crippen LogP contribution is -2.14. The van der Waals surface area contributed by atoms with Gasteiger partial charge >= 0.3 is 5.97 Å². The van der Waals surface area contributed by atoms with Crippen LogP contribution in [0.4, 0.5) is 0 Å². The molecule has 0 aliphatic rings. The zero-order valence-electron chi connectivity index (χ0n) is 7.80. The van der Waals surface area contributed by atoms with E-state index in [4.69, 9.17) is 10.2 Å². The molecule has 3 nitrogen and oxygen atoms in total. The number of carbonyl (C=O) groups is 1. The third-order valence-electron chi connectivity index (χ3n) is 1.76. The van der Waals surface area contributed by atoms with Gasteiger partial charge in [-0.2, -0.15) is 0 Å². The Morgan fingerprint density at radius 3 is 2.43 bits per heavy atom. The van der Waals surface area contributed by atoms with Crippen molar-refractivity contribution in [1.82, 2.24) is 0 Å². The van der Waals surface area contributed by atoms with Crippen LogP contribution in [0.3, 0.4) is 0 Å². The van der Waals surface area contributed by atoms with Gasteiger partial charge < -0.3 is 10.2 Å².